The van der Waals surface area contributed by atoms with E-state index in [1.54, 1.807) is 6.07 Å². The van der Waals surface area contributed by atoms with E-state index in [9.17, 15) is 0 Å². The molecule has 0 heterocycles. The smallest absolute Gasteiger partial charge is 0.190 e. The summed E-state index contributed by atoms with van der Waals surface area (Å²) >= 11 is 0. The minimum Gasteiger partial charge on any atom is -0.479 e. The topological polar surface area (TPSA) is 33.0 Å². The lowest BCUT2D eigenvalue weighted by Gasteiger charge is -2.18. The van der Waals surface area contributed by atoms with E-state index in [0.29, 0.717) is 0 Å². The number of nitrogens with zero attached hydrogens (tertiary/aromatic N) is 1. The molecule has 0 aliphatic rings. The van der Waals surface area contributed by atoms with Crippen LogP contribution in [0.1, 0.15) is 20.8 Å². The van der Waals surface area contributed by atoms with Gasteiger partial charge < -0.3 is 4.74 Å². The molecule has 0 spiro atoms. The van der Waals surface area contributed by atoms with Crippen molar-refractivity contribution in [2.75, 3.05) is 0 Å². The highest BCUT2D eigenvalue weighted by molar-refractivity contribution is 5.08. The molecule has 2 heteroatoms. The summed E-state index contributed by atoms with van der Waals surface area (Å²) < 4.78 is 5.03. The van der Waals surface area contributed by atoms with Crippen molar-refractivity contribution in [2.24, 2.45) is 0 Å². The summed E-state index contributed by atoms with van der Waals surface area (Å²) in [6.45, 7) is 8.99. The van der Waals surface area contributed by atoms with Crippen LogP contribution >= 0.6 is 0 Å². The van der Waals surface area contributed by atoms with E-state index in [1.165, 1.54) is 0 Å². The lowest BCUT2D eigenvalue weighted by molar-refractivity contribution is 0.0625. The van der Waals surface area contributed by atoms with Crippen molar-refractivity contribution >= 4 is 0 Å². The molecule has 0 aliphatic heterocycles. The fourth-order valence-electron chi connectivity index (χ4n) is 0.392. The van der Waals surface area contributed by atoms with Crippen LogP contribution in [0.4, 0.5) is 0 Å². The molecule has 9 heavy (non-hydrogen) atoms. The van der Waals surface area contributed by atoms with Gasteiger partial charge >= 0.3 is 0 Å². The van der Waals surface area contributed by atoms with E-state index >= 15 is 0 Å². The maximum atomic E-state index is 8.22. The van der Waals surface area contributed by atoms with Crippen LogP contribution in [0, 0.1) is 11.3 Å². The third-order valence-electron chi connectivity index (χ3n) is 0.554. The second-order valence-electron chi connectivity index (χ2n) is 2.75. The first kappa shape index (κ1) is 8.03. The molecule has 0 atom stereocenters. The molecule has 0 amide bonds. The van der Waals surface area contributed by atoms with Crippen molar-refractivity contribution < 1.29 is 4.74 Å². The number of hydrogen-bond acceptors (Lipinski definition) is 2. The molecule has 0 bridgehead atoms. The summed E-state index contributed by atoms with van der Waals surface area (Å²) in [4.78, 5) is 0. The third kappa shape index (κ3) is 4.89. The molecule has 0 saturated heterocycles. The molecule has 0 radical (unpaired) electrons. The van der Waals surface area contributed by atoms with Crippen LogP contribution in [0.2, 0.25) is 0 Å². The molecular formula is C7H11NO. The van der Waals surface area contributed by atoms with E-state index in [0.717, 1.165) is 0 Å². The van der Waals surface area contributed by atoms with Gasteiger partial charge in [-0.15, -0.1) is 0 Å². The lowest BCUT2D eigenvalue weighted by atomic mass is 10.2. The molecule has 0 saturated carbocycles. The van der Waals surface area contributed by atoms with Gasteiger partial charge in [-0.05, 0) is 27.4 Å². The largest absolute Gasteiger partial charge is 0.479 e. The first-order valence-electron chi connectivity index (χ1n) is 2.74. The van der Waals surface area contributed by atoms with Gasteiger partial charge in [-0.25, -0.2) is 0 Å². The Morgan fingerprint density at radius 2 is 2.00 bits per heavy atom. The van der Waals surface area contributed by atoms with E-state index in [2.05, 4.69) is 6.58 Å². The van der Waals surface area contributed by atoms with Gasteiger partial charge in [-0.1, -0.05) is 0 Å². The summed E-state index contributed by atoms with van der Waals surface area (Å²) in [5, 5.41) is 8.22. The van der Waals surface area contributed by atoms with Crippen LogP contribution in [-0.2, 0) is 4.74 Å². The first-order valence-corrected chi connectivity index (χ1v) is 2.74. The molecule has 0 aromatic heterocycles. The monoisotopic (exact) mass is 125 g/mol. The van der Waals surface area contributed by atoms with Crippen molar-refractivity contribution in [2.45, 2.75) is 26.4 Å². The van der Waals surface area contributed by atoms with E-state index < -0.39 is 0 Å². The highest BCUT2D eigenvalue weighted by atomic mass is 16.5. The molecular weight excluding hydrogens is 114 g/mol. The minimum absolute atomic E-state index is 0.169. The Morgan fingerprint density at radius 1 is 1.56 bits per heavy atom. The Balaban J connectivity index is 3.78. The Hall–Kier alpha value is -0.970. The number of nitriles is 1. The third-order valence-corrected chi connectivity index (χ3v) is 0.554. The summed E-state index contributed by atoms with van der Waals surface area (Å²) in [5.41, 5.74) is -0.299. The van der Waals surface area contributed by atoms with Gasteiger partial charge in [0.15, 0.2) is 5.76 Å². The number of hydrogen-bond donors (Lipinski definition) is 0. The quantitative estimate of drug-likeness (QED) is 0.395. The molecule has 0 rings (SSSR count). The van der Waals surface area contributed by atoms with Crippen LogP contribution < -0.4 is 0 Å². The average molecular weight is 125 g/mol. The fraction of sp³-hybridized carbons (Fsp3) is 0.571. The highest BCUT2D eigenvalue weighted by Gasteiger charge is 2.11. The second-order valence-corrected chi connectivity index (χ2v) is 2.75. The number of allylic oxidation sites excluding steroid dienone is 1. The van der Waals surface area contributed by atoms with E-state index in [4.69, 9.17) is 10.00 Å². The van der Waals surface area contributed by atoms with Crippen molar-refractivity contribution in [3.05, 3.63) is 12.3 Å². The van der Waals surface area contributed by atoms with Crippen LogP contribution in [0.25, 0.3) is 0 Å². The van der Waals surface area contributed by atoms with Gasteiger partial charge in [0.1, 0.15) is 11.7 Å². The summed E-state index contributed by atoms with van der Waals surface area (Å²) in [6.07, 6.45) is 0. The van der Waals surface area contributed by atoms with Crippen LogP contribution in [0.3, 0.4) is 0 Å². The van der Waals surface area contributed by atoms with Crippen molar-refractivity contribution in [3.8, 4) is 6.07 Å². The molecule has 50 valence electrons. The Kier molecular flexibility index (Phi) is 2.27. The zero-order valence-electron chi connectivity index (χ0n) is 6.06. The van der Waals surface area contributed by atoms with Crippen molar-refractivity contribution in [1.29, 1.82) is 5.26 Å². The zero-order valence-corrected chi connectivity index (χ0v) is 6.06. The predicted molar refractivity (Wildman–Crippen MR) is 35.6 cm³/mol. The maximum Gasteiger partial charge on any atom is 0.190 e. The van der Waals surface area contributed by atoms with E-state index in [-0.39, 0.29) is 11.4 Å². The summed E-state index contributed by atoms with van der Waals surface area (Å²) in [7, 11) is 0. The Morgan fingerprint density at radius 3 is 2.11 bits per heavy atom. The molecule has 2 nitrogen and oxygen atoms in total. The maximum absolute atomic E-state index is 8.22. The van der Waals surface area contributed by atoms with Crippen LogP contribution in [0.15, 0.2) is 12.3 Å². The van der Waals surface area contributed by atoms with Crippen molar-refractivity contribution in [3.63, 3.8) is 0 Å². The van der Waals surface area contributed by atoms with Gasteiger partial charge in [0.2, 0.25) is 0 Å². The van der Waals surface area contributed by atoms with Crippen LogP contribution in [0.5, 0.6) is 0 Å². The molecule has 0 N–H and O–H groups in total. The number of rotatable bonds is 1. The van der Waals surface area contributed by atoms with Gasteiger partial charge in [-0.2, -0.15) is 5.26 Å². The second kappa shape index (κ2) is 2.54. The van der Waals surface area contributed by atoms with Gasteiger partial charge in [0.25, 0.3) is 0 Å². The first-order chi connectivity index (χ1) is 3.95. The van der Waals surface area contributed by atoms with Gasteiger partial charge in [-0.3, -0.25) is 0 Å². The van der Waals surface area contributed by atoms with E-state index in [1.807, 2.05) is 20.8 Å². The highest BCUT2D eigenvalue weighted by Crippen LogP contribution is 2.10. The molecule has 0 aromatic carbocycles. The molecule has 0 aliphatic carbocycles. The Bertz CT molecular complexity index is 147. The lowest BCUT2D eigenvalue weighted by Crippen LogP contribution is -2.17. The molecule has 0 fully saturated rings. The zero-order chi connectivity index (χ0) is 7.49. The predicted octanol–water partition coefficient (Wildman–Crippen LogP) is 1.84. The SMILES string of the molecule is C=C(C#N)OC(C)(C)C. The normalized spacial score (nSPS) is 10.0. The standard InChI is InChI=1S/C7H11NO/c1-6(5-8)9-7(2,3)4/h1H2,2-4H3. The minimum atomic E-state index is -0.299. The number of ether oxygens (including phenoxy) is 1. The fourth-order valence-corrected chi connectivity index (χ4v) is 0.392. The Labute approximate surface area is 55.7 Å². The van der Waals surface area contributed by atoms with Crippen LogP contribution in [-0.4, -0.2) is 5.60 Å². The summed E-state index contributed by atoms with van der Waals surface area (Å²) in [6, 6.07) is 1.80. The van der Waals surface area contributed by atoms with Gasteiger partial charge in [0.05, 0.1) is 0 Å². The average Bonchev–Trinajstić information content (AvgIpc) is 1.62. The van der Waals surface area contributed by atoms with Crippen molar-refractivity contribution in [1.82, 2.24) is 0 Å². The van der Waals surface area contributed by atoms with Gasteiger partial charge in [0, 0.05) is 0 Å². The molecule has 0 unspecified atom stereocenters. The summed E-state index contributed by atoms with van der Waals surface area (Å²) in [5.74, 6) is 0.169. The molecule has 0 aromatic rings.